The Morgan fingerprint density at radius 3 is 0.696 bits per heavy atom. The number of aromatic hydroxyl groups is 4. The first kappa shape index (κ1) is 27.3. The molecule has 0 aliphatic carbocycles. The minimum Gasteiger partial charge on any atom is -0.508 e. The Hall–Kier alpha value is -6.26. The highest BCUT2D eigenvalue weighted by molar-refractivity contribution is 6.09. The molecule has 8 aromatic rings. The van der Waals surface area contributed by atoms with Crippen molar-refractivity contribution in [2.24, 2.45) is 0 Å². The molecule has 220 valence electrons. The number of phenolic OH excluding ortho intramolecular Hbond substituents is 4. The molecule has 0 saturated carbocycles. The molecule has 0 fully saturated rings. The summed E-state index contributed by atoms with van der Waals surface area (Å²) < 4.78 is 0. The standard InChI is InChI=1S/C42H28O4/c43-37-13-9-25-1-5-29(17-33(25)21-37)41(30-6-2-26-10-14-38(44)22-34(26)18-30)42(31-7-3-27-11-15-39(45)23-35(27)19-31)32-8-4-28-12-16-40(46)24-36(28)20-32/h1-24,43-46H. The first-order valence-corrected chi connectivity index (χ1v) is 15.0. The van der Waals surface area contributed by atoms with Crippen LogP contribution in [0.25, 0.3) is 54.2 Å². The maximum Gasteiger partial charge on any atom is 0.116 e. The van der Waals surface area contributed by atoms with Gasteiger partial charge in [-0.25, -0.2) is 0 Å². The topological polar surface area (TPSA) is 80.9 Å². The largest absolute Gasteiger partial charge is 0.508 e. The van der Waals surface area contributed by atoms with Gasteiger partial charge in [-0.2, -0.15) is 0 Å². The van der Waals surface area contributed by atoms with Gasteiger partial charge < -0.3 is 20.4 Å². The van der Waals surface area contributed by atoms with Gasteiger partial charge in [0.2, 0.25) is 0 Å². The van der Waals surface area contributed by atoms with Crippen molar-refractivity contribution >= 4 is 54.2 Å². The number of benzene rings is 8. The number of fused-ring (bicyclic) bond motifs is 4. The Bertz CT molecular complexity index is 2170. The van der Waals surface area contributed by atoms with Crippen LogP contribution in [0.3, 0.4) is 0 Å². The maximum absolute atomic E-state index is 10.4. The van der Waals surface area contributed by atoms with Crippen molar-refractivity contribution in [2.45, 2.75) is 0 Å². The van der Waals surface area contributed by atoms with Gasteiger partial charge in [-0.3, -0.25) is 0 Å². The van der Waals surface area contributed by atoms with Gasteiger partial charge in [-0.15, -0.1) is 0 Å². The van der Waals surface area contributed by atoms with Gasteiger partial charge in [0, 0.05) is 0 Å². The Balaban J connectivity index is 1.52. The SMILES string of the molecule is Oc1ccc2ccc(C(=C(c3ccc4ccc(O)cc4c3)c3ccc4ccc(O)cc4c3)c3ccc4ccc(O)cc4c3)cc2c1. The third-order valence-electron chi connectivity index (χ3n) is 8.70. The molecular weight excluding hydrogens is 568 g/mol. The van der Waals surface area contributed by atoms with E-state index in [9.17, 15) is 20.4 Å². The summed E-state index contributed by atoms with van der Waals surface area (Å²) in [5.74, 6) is 0.779. The zero-order valence-corrected chi connectivity index (χ0v) is 24.6. The molecule has 0 heterocycles. The minimum atomic E-state index is 0.195. The fraction of sp³-hybridized carbons (Fsp3) is 0. The van der Waals surface area contributed by atoms with E-state index < -0.39 is 0 Å². The van der Waals surface area contributed by atoms with Crippen LogP contribution in [0.15, 0.2) is 146 Å². The molecule has 46 heavy (non-hydrogen) atoms. The quantitative estimate of drug-likeness (QED) is 0.152. The van der Waals surface area contributed by atoms with Crippen molar-refractivity contribution in [3.05, 3.63) is 168 Å². The zero-order chi connectivity index (χ0) is 31.4. The number of phenols is 4. The van der Waals surface area contributed by atoms with Gasteiger partial charge in [0.05, 0.1) is 0 Å². The van der Waals surface area contributed by atoms with Crippen LogP contribution in [0.1, 0.15) is 22.3 Å². The van der Waals surface area contributed by atoms with Gasteiger partial charge in [0.15, 0.2) is 0 Å². The predicted octanol–water partition coefficient (Wildman–Crippen LogP) is 10.1. The zero-order valence-electron chi connectivity index (χ0n) is 24.6. The Morgan fingerprint density at radius 1 is 0.239 bits per heavy atom. The van der Waals surface area contributed by atoms with E-state index >= 15 is 0 Å². The van der Waals surface area contributed by atoms with E-state index in [0.29, 0.717) is 0 Å². The lowest BCUT2D eigenvalue weighted by molar-refractivity contribution is 0.475. The Kier molecular flexibility index (Phi) is 6.36. The van der Waals surface area contributed by atoms with E-state index in [1.54, 1.807) is 48.5 Å². The minimum absolute atomic E-state index is 0.195. The van der Waals surface area contributed by atoms with Crippen molar-refractivity contribution in [3.8, 4) is 23.0 Å². The monoisotopic (exact) mass is 596 g/mol. The van der Waals surface area contributed by atoms with Crippen LogP contribution >= 0.6 is 0 Å². The third kappa shape index (κ3) is 4.92. The van der Waals surface area contributed by atoms with Crippen LogP contribution in [0.4, 0.5) is 0 Å². The van der Waals surface area contributed by atoms with Gasteiger partial charge in [0.25, 0.3) is 0 Å². The molecule has 0 aliphatic rings. The Labute approximate surface area is 265 Å². The van der Waals surface area contributed by atoms with Crippen LogP contribution in [-0.4, -0.2) is 20.4 Å². The average molecular weight is 597 g/mol. The van der Waals surface area contributed by atoms with Crippen molar-refractivity contribution in [1.29, 1.82) is 0 Å². The molecule has 4 heteroatoms. The number of hydrogen-bond acceptors (Lipinski definition) is 4. The van der Waals surface area contributed by atoms with Crippen molar-refractivity contribution in [3.63, 3.8) is 0 Å². The highest BCUT2D eigenvalue weighted by Gasteiger charge is 2.19. The summed E-state index contributed by atoms with van der Waals surface area (Å²) in [7, 11) is 0. The van der Waals surface area contributed by atoms with E-state index in [-0.39, 0.29) is 23.0 Å². The van der Waals surface area contributed by atoms with Gasteiger partial charge in [-0.1, -0.05) is 72.8 Å². The summed E-state index contributed by atoms with van der Waals surface area (Å²) in [5, 5.41) is 49.1. The van der Waals surface area contributed by atoms with Crippen LogP contribution in [-0.2, 0) is 0 Å². The lowest BCUT2D eigenvalue weighted by Crippen LogP contribution is -1.98. The summed E-state index contributed by atoms with van der Waals surface area (Å²) >= 11 is 0. The molecule has 0 aliphatic heterocycles. The molecule has 0 spiro atoms. The van der Waals surface area contributed by atoms with E-state index in [1.165, 1.54) is 0 Å². The van der Waals surface area contributed by atoms with Crippen molar-refractivity contribution < 1.29 is 20.4 Å². The second kappa shape index (κ2) is 10.7. The lowest BCUT2D eigenvalue weighted by Gasteiger charge is -2.20. The van der Waals surface area contributed by atoms with Crippen LogP contribution in [0.2, 0.25) is 0 Å². The fourth-order valence-corrected chi connectivity index (χ4v) is 6.47. The highest BCUT2D eigenvalue weighted by atomic mass is 16.3. The molecule has 0 radical (unpaired) electrons. The second-order valence-electron chi connectivity index (χ2n) is 11.7. The molecule has 8 rings (SSSR count). The predicted molar refractivity (Wildman–Crippen MR) is 187 cm³/mol. The third-order valence-corrected chi connectivity index (χ3v) is 8.70. The summed E-state index contributed by atoms with van der Waals surface area (Å²) in [5.41, 5.74) is 5.68. The summed E-state index contributed by atoms with van der Waals surface area (Å²) in [6.07, 6.45) is 0. The fourth-order valence-electron chi connectivity index (χ4n) is 6.47. The van der Waals surface area contributed by atoms with Gasteiger partial charge in [0.1, 0.15) is 23.0 Å². The van der Waals surface area contributed by atoms with E-state index in [4.69, 9.17) is 0 Å². The highest BCUT2D eigenvalue weighted by Crippen LogP contribution is 2.41. The summed E-state index contributed by atoms with van der Waals surface area (Å²) in [4.78, 5) is 0. The van der Waals surface area contributed by atoms with Crippen molar-refractivity contribution in [1.82, 2.24) is 0 Å². The molecule has 0 atom stereocenters. The van der Waals surface area contributed by atoms with Crippen LogP contribution < -0.4 is 0 Å². The van der Waals surface area contributed by atoms with E-state index in [0.717, 1.165) is 76.5 Å². The van der Waals surface area contributed by atoms with Crippen LogP contribution in [0.5, 0.6) is 23.0 Å². The van der Waals surface area contributed by atoms with E-state index in [2.05, 4.69) is 72.8 Å². The molecule has 0 bridgehead atoms. The Morgan fingerprint density at radius 2 is 0.457 bits per heavy atom. The summed E-state index contributed by atoms with van der Waals surface area (Å²) in [6.45, 7) is 0. The van der Waals surface area contributed by atoms with Gasteiger partial charge >= 0.3 is 0 Å². The molecule has 0 unspecified atom stereocenters. The second-order valence-corrected chi connectivity index (χ2v) is 11.7. The average Bonchev–Trinajstić information content (AvgIpc) is 3.05. The number of rotatable bonds is 4. The normalized spacial score (nSPS) is 11.4. The van der Waals surface area contributed by atoms with Gasteiger partial charge in [-0.05, 0) is 149 Å². The molecule has 0 saturated heterocycles. The first-order chi connectivity index (χ1) is 22.4. The maximum atomic E-state index is 10.4. The first-order valence-electron chi connectivity index (χ1n) is 15.0. The van der Waals surface area contributed by atoms with Crippen molar-refractivity contribution in [2.75, 3.05) is 0 Å². The molecule has 4 N–H and O–H groups in total. The van der Waals surface area contributed by atoms with E-state index in [1.807, 2.05) is 24.3 Å². The summed E-state index contributed by atoms with van der Waals surface area (Å²) in [6, 6.07) is 46.5. The molecular formula is C42H28O4. The molecule has 4 nitrogen and oxygen atoms in total. The smallest absolute Gasteiger partial charge is 0.116 e. The molecule has 0 amide bonds. The van der Waals surface area contributed by atoms with Crippen LogP contribution in [0, 0.1) is 0 Å². The lowest BCUT2D eigenvalue weighted by atomic mass is 9.83. The molecule has 8 aromatic carbocycles. The molecule has 0 aromatic heterocycles. The number of hydrogen-bond donors (Lipinski definition) is 4.